The van der Waals surface area contributed by atoms with Crippen molar-refractivity contribution in [1.29, 1.82) is 0 Å². The molecule has 5 heteroatoms. The van der Waals surface area contributed by atoms with Gasteiger partial charge >= 0.3 is 0 Å². The average Bonchev–Trinajstić information content (AvgIpc) is 3.00. The molecule has 1 aliphatic carbocycles. The zero-order valence-corrected chi connectivity index (χ0v) is 11.6. The molecular weight excluding hydrogens is 244 g/mol. The van der Waals surface area contributed by atoms with Gasteiger partial charge in [-0.3, -0.25) is 4.68 Å². The number of fused-ring (bicyclic) bond motifs is 1. The molecule has 1 atom stereocenters. The molecule has 0 bridgehead atoms. The van der Waals surface area contributed by atoms with Crippen LogP contribution in [0.25, 0.3) is 0 Å². The quantitative estimate of drug-likeness (QED) is 0.917. The first-order valence-corrected chi connectivity index (χ1v) is 7.30. The highest BCUT2D eigenvalue weighted by atomic mass is 32.1. The molecule has 0 spiro atoms. The highest BCUT2D eigenvalue weighted by Crippen LogP contribution is 2.32. The van der Waals surface area contributed by atoms with Gasteiger partial charge in [0.25, 0.3) is 0 Å². The van der Waals surface area contributed by atoms with Crippen LogP contribution < -0.4 is 5.32 Å². The Bertz CT molecular complexity index is 521. The van der Waals surface area contributed by atoms with E-state index in [2.05, 4.69) is 23.5 Å². The molecule has 0 aromatic carbocycles. The molecule has 0 saturated heterocycles. The molecule has 0 saturated carbocycles. The molecule has 0 radical (unpaired) electrons. The number of nitrogens with one attached hydrogen (secondary N) is 1. The minimum absolute atomic E-state index is 0.194. The van der Waals surface area contributed by atoms with E-state index in [4.69, 9.17) is 4.98 Å². The monoisotopic (exact) mass is 262 g/mol. The van der Waals surface area contributed by atoms with E-state index in [1.807, 2.05) is 29.3 Å². The minimum atomic E-state index is 0.194. The molecule has 4 nitrogen and oxygen atoms in total. The fourth-order valence-corrected chi connectivity index (χ4v) is 3.73. The highest BCUT2D eigenvalue weighted by Gasteiger charge is 2.23. The van der Waals surface area contributed by atoms with Crippen LogP contribution in [0.15, 0.2) is 12.4 Å². The van der Waals surface area contributed by atoms with Crippen molar-refractivity contribution in [3.05, 3.63) is 33.5 Å². The lowest BCUT2D eigenvalue weighted by molar-refractivity contribution is 0.624. The molecule has 96 valence electrons. The first-order valence-electron chi connectivity index (χ1n) is 6.48. The highest BCUT2D eigenvalue weighted by molar-refractivity contribution is 7.11. The Morgan fingerprint density at radius 2 is 2.39 bits per heavy atom. The zero-order chi connectivity index (χ0) is 12.5. The van der Waals surface area contributed by atoms with Gasteiger partial charge in [0.1, 0.15) is 5.01 Å². The summed E-state index contributed by atoms with van der Waals surface area (Å²) in [5.74, 6) is 0. The van der Waals surface area contributed by atoms with E-state index in [0.717, 1.165) is 13.0 Å². The summed E-state index contributed by atoms with van der Waals surface area (Å²) in [6.45, 7) is 3.06. The number of hydrogen-bond acceptors (Lipinski definition) is 4. The molecule has 1 aliphatic rings. The topological polar surface area (TPSA) is 42.7 Å². The maximum atomic E-state index is 4.81. The van der Waals surface area contributed by atoms with Gasteiger partial charge in [0.2, 0.25) is 0 Å². The van der Waals surface area contributed by atoms with Crippen LogP contribution in [0.1, 0.15) is 40.5 Å². The van der Waals surface area contributed by atoms with Crippen molar-refractivity contribution in [2.75, 3.05) is 6.54 Å². The maximum absolute atomic E-state index is 4.81. The lowest BCUT2D eigenvalue weighted by atomic mass is 10.1. The van der Waals surface area contributed by atoms with Gasteiger partial charge < -0.3 is 5.32 Å². The number of hydrogen-bond donors (Lipinski definition) is 1. The van der Waals surface area contributed by atoms with Crippen LogP contribution in [0.4, 0.5) is 0 Å². The van der Waals surface area contributed by atoms with Crippen LogP contribution in [-0.4, -0.2) is 21.3 Å². The van der Waals surface area contributed by atoms with Gasteiger partial charge in [0.15, 0.2) is 0 Å². The summed E-state index contributed by atoms with van der Waals surface area (Å²) in [6.07, 6.45) is 7.63. The lowest BCUT2D eigenvalue weighted by Gasteiger charge is -2.13. The molecule has 0 fully saturated rings. The molecule has 0 aliphatic heterocycles. The Morgan fingerprint density at radius 3 is 3.06 bits per heavy atom. The van der Waals surface area contributed by atoms with Crippen molar-refractivity contribution >= 4 is 11.3 Å². The molecule has 2 aromatic heterocycles. The van der Waals surface area contributed by atoms with Crippen molar-refractivity contribution < 1.29 is 0 Å². The van der Waals surface area contributed by atoms with Gasteiger partial charge in [0, 0.05) is 23.7 Å². The van der Waals surface area contributed by atoms with E-state index in [1.54, 1.807) is 0 Å². The SMILES string of the molecule is CCNC(c1cnn(C)c1)c1nc2c(s1)CCC2. The van der Waals surface area contributed by atoms with Gasteiger partial charge in [-0.15, -0.1) is 11.3 Å². The Labute approximate surface area is 111 Å². The summed E-state index contributed by atoms with van der Waals surface area (Å²) in [6, 6.07) is 0.194. The van der Waals surface area contributed by atoms with E-state index >= 15 is 0 Å². The van der Waals surface area contributed by atoms with Crippen LogP contribution in [0.5, 0.6) is 0 Å². The second-order valence-corrected chi connectivity index (χ2v) is 5.83. The maximum Gasteiger partial charge on any atom is 0.115 e. The van der Waals surface area contributed by atoms with E-state index in [9.17, 15) is 0 Å². The van der Waals surface area contributed by atoms with Crippen molar-refractivity contribution in [2.45, 2.75) is 32.2 Å². The molecule has 1 N–H and O–H groups in total. The molecule has 0 amide bonds. The van der Waals surface area contributed by atoms with E-state index in [1.165, 1.54) is 34.0 Å². The predicted octanol–water partition coefficient (Wildman–Crippen LogP) is 2.06. The third-order valence-electron chi connectivity index (χ3n) is 3.33. The largest absolute Gasteiger partial charge is 0.304 e. The Hall–Kier alpha value is -1.20. The summed E-state index contributed by atoms with van der Waals surface area (Å²) in [5, 5.41) is 8.96. The van der Waals surface area contributed by atoms with Gasteiger partial charge in [-0.05, 0) is 25.8 Å². The minimum Gasteiger partial charge on any atom is -0.304 e. The fraction of sp³-hybridized carbons (Fsp3) is 0.538. The van der Waals surface area contributed by atoms with Gasteiger partial charge in [-0.25, -0.2) is 4.98 Å². The van der Waals surface area contributed by atoms with Crippen molar-refractivity contribution in [3.63, 3.8) is 0 Å². The van der Waals surface area contributed by atoms with Crippen LogP contribution >= 0.6 is 11.3 Å². The smallest absolute Gasteiger partial charge is 0.115 e. The van der Waals surface area contributed by atoms with Crippen LogP contribution in [0.3, 0.4) is 0 Å². The van der Waals surface area contributed by atoms with E-state index in [0.29, 0.717) is 0 Å². The molecule has 2 aromatic rings. The first kappa shape index (κ1) is 11.9. The Morgan fingerprint density at radius 1 is 1.50 bits per heavy atom. The Kier molecular flexibility index (Phi) is 3.18. The van der Waals surface area contributed by atoms with Crippen molar-refractivity contribution in [2.24, 2.45) is 7.05 Å². The van der Waals surface area contributed by atoms with Crippen molar-refractivity contribution in [1.82, 2.24) is 20.1 Å². The number of rotatable bonds is 4. The zero-order valence-electron chi connectivity index (χ0n) is 10.8. The second-order valence-electron chi connectivity index (χ2n) is 4.71. The van der Waals surface area contributed by atoms with Crippen LogP contribution in [0, 0.1) is 0 Å². The fourth-order valence-electron chi connectivity index (χ4n) is 2.47. The summed E-state index contributed by atoms with van der Waals surface area (Å²) in [4.78, 5) is 6.30. The third-order valence-corrected chi connectivity index (χ3v) is 4.55. The number of aryl methyl sites for hydroxylation is 3. The molecular formula is C13H18N4S. The number of thiazole rings is 1. The average molecular weight is 262 g/mol. The Balaban J connectivity index is 1.93. The molecule has 2 heterocycles. The molecule has 1 unspecified atom stereocenters. The van der Waals surface area contributed by atoms with E-state index < -0.39 is 0 Å². The number of aromatic nitrogens is 3. The lowest BCUT2D eigenvalue weighted by Crippen LogP contribution is -2.21. The number of nitrogens with zero attached hydrogens (tertiary/aromatic N) is 3. The summed E-state index contributed by atoms with van der Waals surface area (Å²) in [5.41, 5.74) is 2.52. The third kappa shape index (κ3) is 2.08. The van der Waals surface area contributed by atoms with Crippen LogP contribution in [-0.2, 0) is 19.9 Å². The van der Waals surface area contributed by atoms with Crippen molar-refractivity contribution in [3.8, 4) is 0 Å². The molecule has 18 heavy (non-hydrogen) atoms. The van der Waals surface area contributed by atoms with Gasteiger partial charge in [-0.2, -0.15) is 5.10 Å². The standard InChI is InChI=1S/C13H18N4S/c1-3-14-12(9-7-15-17(2)8-9)13-16-10-5-4-6-11(10)18-13/h7-8,12,14H,3-6H2,1-2H3. The summed E-state index contributed by atoms with van der Waals surface area (Å²) >= 11 is 1.86. The van der Waals surface area contributed by atoms with Gasteiger partial charge in [-0.1, -0.05) is 6.92 Å². The first-order chi connectivity index (χ1) is 8.78. The second kappa shape index (κ2) is 4.82. The van der Waals surface area contributed by atoms with E-state index in [-0.39, 0.29) is 6.04 Å². The normalized spacial score (nSPS) is 15.9. The summed E-state index contributed by atoms with van der Waals surface area (Å²) < 4.78 is 1.85. The van der Waals surface area contributed by atoms with Gasteiger partial charge in [0.05, 0.1) is 17.9 Å². The summed E-state index contributed by atoms with van der Waals surface area (Å²) in [7, 11) is 1.95. The van der Waals surface area contributed by atoms with Crippen LogP contribution in [0.2, 0.25) is 0 Å². The predicted molar refractivity (Wildman–Crippen MR) is 72.9 cm³/mol. The molecule has 3 rings (SSSR count).